The number of rotatable bonds is 5. The van der Waals surface area contributed by atoms with Crippen molar-refractivity contribution in [2.45, 2.75) is 25.8 Å². The van der Waals surface area contributed by atoms with Crippen molar-refractivity contribution in [3.63, 3.8) is 0 Å². The molecule has 0 aliphatic heterocycles. The highest BCUT2D eigenvalue weighted by Crippen LogP contribution is 2.24. The smallest absolute Gasteiger partial charge is 0.267 e. The lowest BCUT2D eigenvalue weighted by atomic mass is 10.2. The summed E-state index contributed by atoms with van der Waals surface area (Å²) >= 11 is 3.21. The maximum Gasteiger partial charge on any atom is 0.267 e. The number of carbonyl (C=O) groups excluding carboxylic acids is 1. The first-order chi connectivity index (χ1) is 9.51. The number of aromatic nitrogens is 1. The van der Waals surface area contributed by atoms with E-state index in [-0.39, 0.29) is 24.4 Å². The topological polar surface area (TPSA) is 65.1 Å². The fourth-order valence-corrected chi connectivity index (χ4v) is 2.48. The van der Waals surface area contributed by atoms with Gasteiger partial charge in [0.15, 0.2) is 0 Å². The summed E-state index contributed by atoms with van der Waals surface area (Å²) in [5.74, 6) is -0.653. The Balaban J connectivity index is 2.16. The number of fused-ring (bicyclic) bond motifs is 1. The van der Waals surface area contributed by atoms with Gasteiger partial charge in [-0.25, -0.2) is 4.39 Å². The Morgan fingerprint density at radius 1 is 1.50 bits per heavy atom. The van der Waals surface area contributed by atoms with Crippen molar-refractivity contribution in [1.82, 2.24) is 10.3 Å². The van der Waals surface area contributed by atoms with Crippen molar-refractivity contribution in [3.05, 3.63) is 34.2 Å². The van der Waals surface area contributed by atoms with E-state index in [1.807, 2.05) is 6.92 Å². The molecule has 1 unspecified atom stereocenters. The number of aromatic amines is 1. The van der Waals surface area contributed by atoms with E-state index in [1.165, 1.54) is 12.1 Å². The summed E-state index contributed by atoms with van der Waals surface area (Å²) < 4.78 is 14.4. The highest BCUT2D eigenvalue weighted by molar-refractivity contribution is 9.10. The van der Waals surface area contributed by atoms with Crippen molar-refractivity contribution in [3.8, 4) is 0 Å². The van der Waals surface area contributed by atoms with E-state index >= 15 is 0 Å². The maximum absolute atomic E-state index is 13.7. The summed E-state index contributed by atoms with van der Waals surface area (Å²) in [6.07, 6.45) is 1.33. The number of amides is 1. The van der Waals surface area contributed by atoms with Crippen LogP contribution < -0.4 is 5.32 Å². The number of nitrogens with one attached hydrogen (secondary N) is 2. The van der Waals surface area contributed by atoms with Crippen LogP contribution in [0.3, 0.4) is 0 Å². The molecule has 1 heterocycles. The van der Waals surface area contributed by atoms with Crippen LogP contribution in [0.4, 0.5) is 4.39 Å². The molecule has 0 spiro atoms. The molecule has 1 aromatic carbocycles. The van der Waals surface area contributed by atoms with Gasteiger partial charge in [0.2, 0.25) is 0 Å². The van der Waals surface area contributed by atoms with Crippen molar-refractivity contribution >= 4 is 32.7 Å². The van der Waals surface area contributed by atoms with Gasteiger partial charge < -0.3 is 15.4 Å². The Morgan fingerprint density at radius 2 is 2.25 bits per heavy atom. The minimum Gasteiger partial charge on any atom is -0.396 e. The predicted octanol–water partition coefficient (Wildman–Crippen LogP) is 2.96. The van der Waals surface area contributed by atoms with Crippen LogP contribution in [0.2, 0.25) is 0 Å². The highest BCUT2D eigenvalue weighted by Gasteiger charge is 2.14. The Morgan fingerprint density at radius 3 is 2.95 bits per heavy atom. The quantitative estimate of drug-likeness (QED) is 0.782. The van der Waals surface area contributed by atoms with Gasteiger partial charge in [0.05, 0.1) is 5.52 Å². The molecule has 2 rings (SSSR count). The SMILES string of the molecule is CC(CCCO)NC(=O)c1cc2c(F)cc(Br)cc2[nH]1. The van der Waals surface area contributed by atoms with Crippen LogP contribution in [-0.2, 0) is 0 Å². The van der Waals surface area contributed by atoms with Crippen LogP contribution >= 0.6 is 15.9 Å². The number of hydrogen-bond donors (Lipinski definition) is 3. The maximum atomic E-state index is 13.7. The molecule has 0 radical (unpaired) electrons. The minimum absolute atomic E-state index is 0.0438. The van der Waals surface area contributed by atoms with Crippen LogP contribution in [0.1, 0.15) is 30.3 Å². The van der Waals surface area contributed by atoms with Crippen molar-refractivity contribution in [2.24, 2.45) is 0 Å². The third-order valence-corrected chi connectivity index (χ3v) is 3.53. The lowest BCUT2D eigenvalue weighted by Crippen LogP contribution is -2.32. The number of H-pyrrole nitrogens is 1. The van der Waals surface area contributed by atoms with Gasteiger partial charge in [0, 0.05) is 22.5 Å². The summed E-state index contributed by atoms with van der Waals surface area (Å²) in [6.45, 7) is 1.97. The monoisotopic (exact) mass is 342 g/mol. The molecule has 0 aliphatic rings. The standard InChI is InChI=1S/C14H16BrFN2O2/c1-8(3-2-4-19)17-14(20)13-7-10-11(16)5-9(15)6-12(10)18-13/h5-8,18-19H,2-4H2,1H3,(H,17,20). The molecule has 2 aromatic rings. The molecule has 0 bridgehead atoms. The van der Waals surface area contributed by atoms with Crippen molar-refractivity contribution in [1.29, 1.82) is 0 Å². The summed E-state index contributed by atoms with van der Waals surface area (Å²) in [7, 11) is 0. The molecule has 20 heavy (non-hydrogen) atoms. The van der Waals surface area contributed by atoms with Crippen LogP contribution in [0.25, 0.3) is 10.9 Å². The van der Waals surface area contributed by atoms with Crippen LogP contribution in [0.5, 0.6) is 0 Å². The number of aliphatic hydroxyl groups is 1. The third kappa shape index (κ3) is 3.37. The fraction of sp³-hybridized carbons (Fsp3) is 0.357. The zero-order valence-electron chi connectivity index (χ0n) is 11.0. The molecule has 0 saturated carbocycles. The van der Waals surface area contributed by atoms with Crippen molar-refractivity contribution < 1.29 is 14.3 Å². The van der Waals surface area contributed by atoms with E-state index in [1.54, 1.807) is 6.07 Å². The van der Waals surface area contributed by atoms with E-state index in [9.17, 15) is 9.18 Å². The average molecular weight is 343 g/mol. The Hall–Kier alpha value is -1.40. The number of hydrogen-bond acceptors (Lipinski definition) is 2. The second-order valence-electron chi connectivity index (χ2n) is 4.77. The molecule has 6 heteroatoms. The molecule has 0 saturated heterocycles. The zero-order chi connectivity index (χ0) is 14.7. The molecule has 1 atom stereocenters. The average Bonchev–Trinajstić information content (AvgIpc) is 2.80. The van der Waals surface area contributed by atoms with Gasteiger partial charge in [0.1, 0.15) is 11.5 Å². The number of aliphatic hydroxyl groups excluding tert-OH is 1. The molecule has 3 N–H and O–H groups in total. The first-order valence-electron chi connectivity index (χ1n) is 6.40. The van der Waals surface area contributed by atoms with Gasteiger partial charge in [-0.3, -0.25) is 4.79 Å². The minimum atomic E-state index is -0.377. The van der Waals surface area contributed by atoms with Crippen molar-refractivity contribution in [2.75, 3.05) is 6.61 Å². The second kappa shape index (κ2) is 6.37. The van der Waals surface area contributed by atoms with Gasteiger partial charge in [-0.1, -0.05) is 15.9 Å². The largest absolute Gasteiger partial charge is 0.396 e. The van der Waals surface area contributed by atoms with Crippen LogP contribution in [-0.4, -0.2) is 28.6 Å². The van der Waals surface area contributed by atoms with Gasteiger partial charge >= 0.3 is 0 Å². The van der Waals surface area contributed by atoms with Gasteiger partial charge in [-0.15, -0.1) is 0 Å². The van der Waals surface area contributed by atoms with Gasteiger partial charge in [-0.2, -0.15) is 0 Å². The Labute approximate surface area is 124 Å². The first-order valence-corrected chi connectivity index (χ1v) is 7.20. The van der Waals surface area contributed by atoms with E-state index in [0.717, 1.165) is 0 Å². The number of carbonyl (C=O) groups is 1. The third-order valence-electron chi connectivity index (χ3n) is 3.07. The van der Waals surface area contributed by atoms with E-state index in [2.05, 4.69) is 26.2 Å². The Bertz CT molecular complexity index is 627. The first kappa shape index (κ1) is 15.0. The predicted molar refractivity (Wildman–Crippen MR) is 79.2 cm³/mol. The number of halogens is 2. The van der Waals surface area contributed by atoms with Gasteiger partial charge in [0.25, 0.3) is 5.91 Å². The molecule has 4 nitrogen and oxygen atoms in total. The van der Waals surface area contributed by atoms with E-state index in [0.29, 0.717) is 33.9 Å². The van der Waals surface area contributed by atoms with E-state index < -0.39 is 0 Å². The molecule has 1 amide bonds. The second-order valence-corrected chi connectivity index (χ2v) is 5.69. The molecule has 108 valence electrons. The zero-order valence-corrected chi connectivity index (χ0v) is 12.6. The highest BCUT2D eigenvalue weighted by atomic mass is 79.9. The van der Waals surface area contributed by atoms with E-state index in [4.69, 9.17) is 5.11 Å². The van der Waals surface area contributed by atoms with Gasteiger partial charge in [-0.05, 0) is 38.0 Å². The molecule has 0 aliphatic carbocycles. The molecule has 1 aromatic heterocycles. The fourth-order valence-electron chi connectivity index (χ4n) is 2.05. The molecular formula is C14H16BrFN2O2. The normalized spacial score (nSPS) is 12.6. The summed E-state index contributed by atoms with van der Waals surface area (Å²) in [5.41, 5.74) is 0.901. The lowest BCUT2D eigenvalue weighted by Gasteiger charge is -2.12. The van der Waals surface area contributed by atoms with Crippen LogP contribution in [0.15, 0.2) is 22.7 Å². The summed E-state index contributed by atoms with van der Waals surface area (Å²) in [5, 5.41) is 12.0. The molecule has 0 fully saturated rings. The summed E-state index contributed by atoms with van der Waals surface area (Å²) in [4.78, 5) is 15.0. The lowest BCUT2D eigenvalue weighted by molar-refractivity contribution is 0.0932. The molecular weight excluding hydrogens is 327 g/mol. The van der Waals surface area contributed by atoms with Crippen LogP contribution in [0, 0.1) is 5.82 Å². The Kier molecular flexibility index (Phi) is 4.77. The summed E-state index contributed by atoms with van der Waals surface area (Å²) in [6, 6.07) is 4.55. The number of benzene rings is 1.